The van der Waals surface area contributed by atoms with Gasteiger partial charge in [0.25, 0.3) is 11.8 Å². The van der Waals surface area contributed by atoms with Crippen LogP contribution in [0.25, 0.3) is 0 Å². The molecule has 0 saturated carbocycles. The summed E-state index contributed by atoms with van der Waals surface area (Å²) in [6.07, 6.45) is 0. The summed E-state index contributed by atoms with van der Waals surface area (Å²) in [6, 6.07) is 0. The first-order valence-electron chi connectivity index (χ1n) is 3.84. The summed E-state index contributed by atoms with van der Waals surface area (Å²) >= 11 is 0. The number of nitrogens with zero attached hydrogens (tertiary/aromatic N) is 3. The highest BCUT2D eigenvalue weighted by Gasteiger charge is 2.39. The van der Waals surface area contributed by atoms with E-state index in [9.17, 15) is 9.59 Å². The highest BCUT2D eigenvalue weighted by molar-refractivity contribution is 6.66. The average Bonchev–Trinajstić information content (AvgIpc) is 2.19. The first-order chi connectivity index (χ1) is 7.08. The van der Waals surface area contributed by atoms with E-state index in [1.54, 1.807) is 0 Å². The standard InChI is InChI=1S/C7H9N3O5/c1-4-9(2-11)6(13)5(8-15)7(14)10(4)3-12/h11-12,15H,1-3H2. The lowest BCUT2D eigenvalue weighted by Crippen LogP contribution is -2.55. The van der Waals surface area contributed by atoms with E-state index < -0.39 is 31.0 Å². The Morgan fingerprint density at radius 1 is 1.13 bits per heavy atom. The first kappa shape index (κ1) is 11.1. The van der Waals surface area contributed by atoms with Crippen LogP contribution in [-0.4, -0.2) is 56.2 Å². The number of carbonyl (C=O) groups excluding carboxylic acids is 2. The predicted molar refractivity (Wildman–Crippen MR) is 46.2 cm³/mol. The van der Waals surface area contributed by atoms with Crippen LogP contribution >= 0.6 is 0 Å². The van der Waals surface area contributed by atoms with Gasteiger partial charge in [-0.3, -0.25) is 19.4 Å². The molecule has 0 unspecified atom stereocenters. The van der Waals surface area contributed by atoms with Gasteiger partial charge in [0.1, 0.15) is 19.3 Å². The molecule has 8 nitrogen and oxygen atoms in total. The Labute approximate surface area is 84.3 Å². The van der Waals surface area contributed by atoms with Crippen LogP contribution < -0.4 is 0 Å². The van der Waals surface area contributed by atoms with Crippen LogP contribution in [0.5, 0.6) is 0 Å². The molecule has 1 aliphatic heterocycles. The smallest absolute Gasteiger partial charge is 0.289 e. The van der Waals surface area contributed by atoms with Crippen molar-refractivity contribution in [2.75, 3.05) is 13.5 Å². The van der Waals surface area contributed by atoms with E-state index >= 15 is 0 Å². The largest absolute Gasteiger partial charge is 0.410 e. The third kappa shape index (κ3) is 1.55. The number of oxime groups is 1. The van der Waals surface area contributed by atoms with E-state index in [0.717, 1.165) is 0 Å². The van der Waals surface area contributed by atoms with E-state index in [1.807, 2.05) is 0 Å². The first-order valence-corrected chi connectivity index (χ1v) is 3.84. The minimum atomic E-state index is -0.972. The van der Waals surface area contributed by atoms with Crippen molar-refractivity contribution in [3.05, 3.63) is 12.4 Å². The van der Waals surface area contributed by atoms with Gasteiger partial charge in [-0.15, -0.1) is 0 Å². The number of hydrogen-bond acceptors (Lipinski definition) is 6. The Balaban J connectivity index is 3.15. The van der Waals surface area contributed by atoms with Gasteiger partial charge in [0, 0.05) is 0 Å². The number of aliphatic hydroxyl groups excluding tert-OH is 2. The van der Waals surface area contributed by atoms with Gasteiger partial charge >= 0.3 is 0 Å². The Bertz CT molecular complexity index is 323. The summed E-state index contributed by atoms with van der Waals surface area (Å²) in [6.45, 7) is 1.87. The fourth-order valence-corrected chi connectivity index (χ4v) is 1.10. The maximum absolute atomic E-state index is 11.4. The average molecular weight is 215 g/mol. The number of rotatable bonds is 2. The van der Waals surface area contributed by atoms with Gasteiger partial charge in [0.2, 0.25) is 5.71 Å². The van der Waals surface area contributed by atoms with Crippen molar-refractivity contribution < 1.29 is 25.0 Å². The molecule has 0 aromatic rings. The topological polar surface area (TPSA) is 114 Å². The molecule has 1 saturated heterocycles. The van der Waals surface area contributed by atoms with Gasteiger partial charge in [-0.25, -0.2) is 0 Å². The zero-order valence-corrected chi connectivity index (χ0v) is 7.62. The monoisotopic (exact) mass is 215 g/mol. The molecule has 82 valence electrons. The summed E-state index contributed by atoms with van der Waals surface area (Å²) in [5.41, 5.74) is -0.787. The Kier molecular flexibility index (Phi) is 3.02. The van der Waals surface area contributed by atoms with E-state index in [1.165, 1.54) is 0 Å². The van der Waals surface area contributed by atoms with Gasteiger partial charge in [-0.2, -0.15) is 0 Å². The van der Waals surface area contributed by atoms with Crippen molar-refractivity contribution in [2.24, 2.45) is 5.16 Å². The lowest BCUT2D eigenvalue weighted by atomic mass is 10.2. The van der Waals surface area contributed by atoms with Gasteiger partial charge in [0.15, 0.2) is 0 Å². The number of aliphatic hydroxyl groups is 2. The molecule has 3 N–H and O–H groups in total. The zero-order chi connectivity index (χ0) is 11.6. The highest BCUT2D eigenvalue weighted by Crippen LogP contribution is 2.15. The lowest BCUT2D eigenvalue weighted by Gasteiger charge is -2.34. The summed E-state index contributed by atoms with van der Waals surface area (Å²) < 4.78 is 0. The molecule has 8 heteroatoms. The molecular formula is C7H9N3O5. The molecule has 1 fully saturated rings. The second kappa shape index (κ2) is 4.07. The summed E-state index contributed by atoms with van der Waals surface area (Å²) in [5.74, 6) is -2.12. The van der Waals surface area contributed by atoms with Crippen LogP contribution in [-0.2, 0) is 9.59 Å². The molecule has 0 bridgehead atoms. The minimum absolute atomic E-state index is 0.178. The van der Waals surface area contributed by atoms with Gasteiger partial charge in [-0.05, 0) is 0 Å². The number of amides is 2. The van der Waals surface area contributed by atoms with Gasteiger partial charge in [0.05, 0.1) is 0 Å². The minimum Gasteiger partial charge on any atom is -0.410 e. The van der Waals surface area contributed by atoms with Crippen molar-refractivity contribution in [2.45, 2.75) is 0 Å². The van der Waals surface area contributed by atoms with Crippen LogP contribution in [0.3, 0.4) is 0 Å². The van der Waals surface area contributed by atoms with Crippen LogP contribution in [0.2, 0.25) is 0 Å². The molecule has 2 amide bonds. The maximum atomic E-state index is 11.4. The van der Waals surface area contributed by atoms with E-state index in [2.05, 4.69) is 11.7 Å². The SMILES string of the molecule is C=C1N(CO)C(=O)C(=NO)C(=O)N1CO. The molecule has 1 rings (SSSR count). The molecule has 0 radical (unpaired) electrons. The van der Waals surface area contributed by atoms with Crippen molar-refractivity contribution in [3.8, 4) is 0 Å². The lowest BCUT2D eigenvalue weighted by molar-refractivity contribution is -0.138. The van der Waals surface area contributed by atoms with Gasteiger partial charge < -0.3 is 15.4 Å². The maximum Gasteiger partial charge on any atom is 0.289 e. The molecular weight excluding hydrogens is 206 g/mol. The van der Waals surface area contributed by atoms with Crippen LogP contribution in [0, 0.1) is 0 Å². The van der Waals surface area contributed by atoms with Crippen molar-refractivity contribution >= 4 is 17.5 Å². The van der Waals surface area contributed by atoms with Crippen LogP contribution in [0.1, 0.15) is 0 Å². The van der Waals surface area contributed by atoms with E-state index in [4.69, 9.17) is 15.4 Å². The Morgan fingerprint density at radius 3 is 1.80 bits per heavy atom. The normalized spacial score (nSPS) is 17.5. The van der Waals surface area contributed by atoms with Crippen molar-refractivity contribution in [1.29, 1.82) is 0 Å². The fraction of sp³-hybridized carbons (Fsp3) is 0.286. The molecule has 0 aromatic heterocycles. The zero-order valence-electron chi connectivity index (χ0n) is 7.62. The molecule has 15 heavy (non-hydrogen) atoms. The van der Waals surface area contributed by atoms with Crippen molar-refractivity contribution in [3.63, 3.8) is 0 Å². The van der Waals surface area contributed by atoms with E-state index in [-0.39, 0.29) is 5.82 Å². The van der Waals surface area contributed by atoms with Gasteiger partial charge in [-0.1, -0.05) is 11.7 Å². The molecule has 0 atom stereocenters. The molecule has 0 aromatic carbocycles. The second-order valence-electron chi connectivity index (χ2n) is 2.61. The third-order valence-electron chi connectivity index (χ3n) is 1.90. The Hall–Kier alpha value is -1.93. The van der Waals surface area contributed by atoms with Crippen molar-refractivity contribution in [1.82, 2.24) is 9.80 Å². The summed E-state index contributed by atoms with van der Waals surface area (Å²) in [4.78, 5) is 24.1. The summed E-state index contributed by atoms with van der Waals surface area (Å²) in [5, 5.41) is 28.6. The number of carbonyl (C=O) groups is 2. The quantitative estimate of drug-likeness (QED) is 0.359. The molecule has 1 heterocycles. The Morgan fingerprint density at radius 2 is 1.53 bits per heavy atom. The van der Waals surface area contributed by atoms with E-state index in [0.29, 0.717) is 9.80 Å². The number of hydrogen-bond donors (Lipinski definition) is 3. The molecule has 0 spiro atoms. The van der Waals surface area contributed by atoms with Crippen LogP contribution in [0.4, 0.5) is 0 Å². The molecule has 0 aliphatic carbocycles. The summed E-state index contributed by atoms with van der Waals surface area (Å²) in [7, 11) is 0. The predicted octanol–water partition coefficient (Wildman–Crippen LogP) is -2.14. The van der Waals surface area contributed by atoms with Crippen LogP contribution in [0.15, 0.2) is 17.6 Å². The highest BCUT2D eigenvalue weighted by atomic mass is 16.4. The fourth-order valence-electron chi connectivity index (χ4n) is 1.10. The molecule has 1 aliphatic rings. The second-order valence-corrected chi connectivity index (χ2v) is 2.61. The third-order valence-corrected chi connectivity index (χ3v) is 1.90.